The molecule has 0 spiro atoms. The van der Waals surface area contributed by atoms with E-state index in [1.807, 2.05) is 0 Å². The number of aliphatic hydroxyl groups excluding tert-OH is 2. The Morgan fingerprint density at radius 3 is 2.87 bits per heavy atom. The number of hydrogen-bond acceptors (Lipinski definition) is 5. The Hall–Kier alpha value is -0.980. The summed E-state index contributed by atoms with van der Waals surface area (Å²) in [4.78, 5) is 10.5. The van der Waals surface area contributed by atoms with Crippen molar-refractivity contribution in [2.75, 3.05) is 12.4 Å². The molecule has 1 unspecified atom stereocenters. The molecular formula is C9H12O5S. The van der Waals surface area contributed by atoms with Crippen LogP contribution in [0.4, 0.5) is 0 Å². The summed E-state index contributed by atoms with van der Waals surface area (Å²) in [5.74, 6) is 0.386. The van der Waals surface area contributed by atoms with Gasteiger partial charge in [0.05, 0.1) is 24.0 Å². The first kappa shape index (κ1) is 12.1. The molecule has 1 aromatic heterocycles. The summed E-state index contributed by atoms with van der Waals surface area (Å²) in [7, 11) is 0. The summed E-state index contributed by atoms with van der Waals surface area (Å²) < 4.78 is 5.00. The summed E-state index contributed by atoms with van der Waals surface area (Å²) in [6.45, 7) is -0.272. The number of furan rings is 1. The van der Waals surface area contributed by atoms with E-state index in [4.69, 9.17) is 19.7 Å². The van der Waals surface area contributed by atoms with Gasteiger partial charge in [-0.2, -0.15) is 11.8 Å². The van der Waals surface area contributed by atoms with E-state index in [9.17, 15) is 4.79 Å². The number of carboxylic acids is 1. The van der Waals surface area contributed by atoms with Crippen molar-refractivity contribution < 1.29 is 24.5 Å². The zero-order valence-corrected chi connectivity index (χ0v) is 8.74. The first-order valence-electron chi connectivity index (χ1n) is 4.31. The number of rotatable bonds is 6. The number of aliphatic hydroxyl groups is 2. The SMILES string of the molecule is O=C(O)c1coc(CSCC(O)CO)c1. The Balaban J connectivity index is 2.35. The zero-order chi connectivity index (χ0) is 11.3. The maximum atomic E-state index is 10.5. The molecule has 1 heterocycles. The third-order valence-electron chi connectivity index (χ3n) is 1.67. The van der Waals surface area contributed by atoms with Gasteiger partial charge >= 0.3 is 5.97 Å². The van der Waals surface area contributed by atoms with Crippen LogP contribution >= 0.6 is 11.8 Å². The summed E-state index contributed by atoms with van der Waals surface area (Å²) in [5, 5.41) is 26.2. The molecule has 1 rings (SSSR count). The molecule has 0 aliphatic rings. The molecule has 0 bridgehead atoms. The monoisotopic (exact) mass is 232 g/mol. The first-order valence-corrected chi connectivity index (χ1v) is 5.46. The van der Waals surface area contributed by atoms with Gasteiger partial charge < -0.3 is 19.7 Å². The predicted molar refractivity (Wildman–Crippen MR) is 54.9 cm³/mol. The summed E-state index contributed by atoms with van der Waals surface area (Å²) in [5.41, 5.74) is 0.119. The predicted octanol–water partition coefficient (Wildman–Crippen LogP) is 0.564. The molecule has 6 heteroatoms. The van der Waals surface area contributed by atoms with Gasteiger partial charge in [0.15, 0.2) is 0 Å². The molecule has 1 aromatic rings. The second-order valence-corrected chi connectivity index (χ2v) is 3.99. The van der Waals surface area contributed by atoms with Crippen molar-refractivity contribution in [1.29, 1.82) is 0 Å². The smallest absolute Gasteiger partial charge is 0.338 e. The number of carbonyl (C=O) groups is 1. The van der Waals surface area contributed by atoms with Crippen LogP contribution in [0.1, 0.15) is 16.1 Å². The Morgan fingerprint density at radius 2 is 2.33 bits per heavy atom. The third-order valence-corrected chi connectivity index (χ3v) is 2.78. The minimum atomic E-state index is -1.02. The van der Waals surface area contributed by atoms with E-state index in [2.05, 4.69) is 0 Å². The van der Waals surface area contributed by atoms with Gasteiger partial charge in [-0.05, 0) is 6.07 Å². The lowest BCUT2D eigenvalue weighted by atomic mass is 10.3. The molecule has 0 aliphatic carbocycles. The number of hydrogen-bond donors (Lipinski definition) is 3. The third kappa shape index (κ3) is 3.94. The topological polar surface area (TPSA) is 90.9 Å². The maximum Gasteiger partial charge on any atom is 0.338 e. The van der Waals surface area contributed by atoms with Gasteiger partial charge in [0.25, 0.3) is 0 Å². The highest BCUT2D eigenvalue weighted by atomic mass is 32.2. The summed E-state index contributed by atoms with van der Waals surface area (Å²) in [6, 6.07) is 1.45. The standard InChI is InChI=1S/C9H12O5S/c10-2-7(11)4-15-5-8-1-6(3-14-8)9(12)13/h1,3,7,10-11H,2,4-5H2,(H,12,13). The largest absolute Gasteiger partial charge is 0.478 e. The van der Waals surface area contributed by atoms with Gasteiger partial charge in [0.2, 0.25) is 0 Å². The van der Waals surface area contributed by atoms with Gasteiger partial charge in [-0.25, -0.2) is 4.79 Å². The van der Waals surface area contributed by atoms with Crippen molar-refractivity contribution in [3.05, 3.63) is 23.7 Å². The van der Waals surface area contributed by atoms with Gasteiger partial charge in [0.1, 0.15) is 12.0 Å². The summed E-state index contributed by atoms with van der Waals surface area (Å²) in [6.07, 6.45) is 0.435. The molecule has 0 saturated carbocycles. The minimum absolute atomic E-state index is 0.119. The molecule has 15 heavy (non-hydrogen) atoms. The van der Waals surface area contributed by atoms with E-state index < -0.39 is 12.1 Å². The van der Waals surface area contributed by atoms with E-state index in [-0.39, 0.29) is 12.2 Å². The van der Waals surface area contributed by atoms with E-state index in [0.29, 0.717) is 17.3 Å². The van der Waals surface area contributed by atoms with Crippen molar-refractivity contribution in [3.8, 4) is 0 Å². The van der Waals surface area contributed by atoms with Gasteiger partial charge in [-0.15, -0.1) is 0 Å². The summed E-state index contributed by atoms with van der Waals surface area (Å²) >= 11 is 1.37. The van der Waals surface area contributed by atoms with E-state index in [1.54, 1.807) is 0 Å². The van der Waals surface area contributed by atoms with Crippen LogP contribution in [0.15, 0.2) is 16.7 Å². The molecule has 1 atom stereocenters. The highest BCUT2D eigenvalue weighted by Crippen LogP contribution is 2.16. The quantitative estimate of drug-likeness (QED) is 0.664. The van der Waals surface area contributed by atoms with Crippen molar-refractivity contribution in [2.24, 2.45) is 0 Å². The Morgan fingerprint density at radius 1 is 1.60 bits per heavy atom. The van der Waals surface area contributed by atoms with Crippen LogP contribution < -0.4 is 0 Å². The van der Waals surface area contributed by atoms with Crippen molar-refractivity contribution in [1.82, 2.24) is 0 Å². The van der Waals surface area contributed by atoms with Gasteiger partial charge in [-0.3, -0.25) is 0 Å². The van der Waals surface area contributed by atoms with Crippen LogP contribution in [0.25, 0.3) is 0 Å². The number of carboxylic acid groups (broad SMARTS) is 1. The fourth-order valence-corrected chi connectivity index (χ4v) is 1.76. The Kier molecular flexibility index (Phi) is 4.67. The minimum Gasteiger partial charge on any atom is -0.478 e. The molecule has 0 aromatic carbocycles. The van der Waals surface area contributed by atoms with Crippen LogP contribution in [0.5, 0.6) is 0 Å². The van der Waals surface area contributed by atoms with E-state index in [0.717, 1.165) is 0 Å². The highest BCUT2D eigenvalue weighted by molar-refractivity contribution is 7.98. The second kappa shape index (κ2) is 5.79. The van der Waals surface area contributed by atoms with Gasteiger partial charge in [0, 0.05) is 5.75 Å². The zero-order valence-electron chi connectivity index (χ0n) is 7.92. The number of aromatic carboxylic acids is 1. The molecule has 0 saturated heterocycles. The Bertz CT molecular complexity index is 322. The van der Waals surface area contributed by atoms with Crippen LogP contribution in [0.2, 0.25) is 0 Å². The lowest BCUT2D eigenvalue weighted by Crippen LogP contribution is -2.14. The molecule has 3 N–H and O–H groups in total. The lowest BCUT2D eigenvalue weighted by Gasteiger charge is -2.04. The molecule has 84 valence electrons. The van der Waals surface area contributed by atoms with Crippen molar-refractivity contribution in [2.45, 2.75) is 11.9 Å². The highest BCUT2D eigenvalue weighted by Gasteiger charge is 2.09. The molecule has 0 fully saturated rings. The fourth-order valence-electron chi connectivity index (χ4n) is 0.917. The second-order valence-electron chi connectivity index (χ2n) is 2.96. The van der Waals surface area contributed by atoms with E-state index in [1.165, 1.54) is 24.1 Å². The van der Waals surface area contributed by atoms with Crippen molar-refractivity contribution >= 4 is 17.7 Å². The van der Waals surface area contributed by atoms with Crippen LogP contribution in [0.3, 0.4) is 0 Å². The molecule has 0 radical (unpaired) electrons. The molecule has 0 amide bonds. The average Bonchev–Trinajstić information content (AvgIpc) is 2.66. The molecule has 0 aliphatic heterocycles. The van der Waals surface area contributed by atoms with Crippen LogP contribution in [-0.2, 0) is 5.75 Å². The first-order chi connectivity index (χ1) is 7.13. The normalized spacial score (nSPS) is 12.7. The Labute approximate surface area is 90.7 Å². The molecular weight excluding hydrogens is 220 g/mol. The van der Waals surface area contributed by atoms with Crippen molar-refractivity contribution in [3.63, 3.8) is 0 Å². The van der Waals surface area contributed by atoms with Gasteiger partial charge in [-0.1, -0.05) is 0 Å². The number of thioether (sulfide) groups is 1. The maximum absolute atomic E-state index is 10.5. The van der Waals surface area contributed by atoms with Crippen LogP contribution in [0, 0.1) is 0 Å². The average molecular weight is 232 g/mol. The fraction of sp³-hybridized carbons (Fsp3) is 0.444. The van der Waals surface area contributed by atoms with E-state index >= 15 is 0 Å². The van der Waals surface area contributed by atoms with Crippen LogP contribution in [-0.4, -0.2) is 39.8 Å². The lowest BCUT2D eigenvalue weighted by molar-refractivity contribution is 0.0696. The molecule has 5 nitrogen and oxygen atoms in total.